The minimum atomic E-state index is -3.81. The fourth-order valence-electron chi connectivity index (χ4n) is 2.10. The van der Waals surface area contributed by atoms with Crippen LogP contribution >= 0.6 is 0 Å². The molecule has 25 heavy (non-hydrogen) atoms. The van der Waals surface area contributed by atoms with E-state index in [9.17, 15) is 13.2 Å². The summed E-state index contributed by atoms with van der Waals surface area (Å²) >= 11 is 0. The van der Waals surface area contributed by atoms with Crippen molar-refractivity contribution in [2.24, 2.45) is 0 Å². The van der Waals surface area contributed by atoms with E-state index >= 15 is 0 Å². The molecule has 0 aliphatic carbocycles. The van der Waals surface area contributed by atoms with E-state index in [4.69, 9.17) is 14.2 Å². The molecule has 0 atom stereocenters. The molecule has 0 bridgehead atoms. The van der Waals surface area contributed by atoms with Gasteiger partial charge >= 0.3 is 5.97 Å². The van der Waals surface area contributed by atoms with Crippen LogP contribution in [0.15, 0.2) is 47.4 Å². The predicted molar refractivity (Wildman–Crippen MR) is 92.8 cm³/mol. The number of benzene rings is 2. The Labute approximate surface area is 146 Å². The van der Waals surface area contributed by atoms with Crippen molar-refractivity contribution in [2.75, 3.05) is 25.5 Å². The van der Waals surface area contributed by atoms with Crippen LogP contribution in [0.3, 0.4) is 0 Å². The van der Waals surface area contributed by atoms with Gasteiger partial charge in [-0.3, -0.25) is 4.72 Å². The number of methoxy groups -OCH3 is 2. The van der Waals surface area contributed by atoms with Crippen LogP contribution in [0.4, 0.5) is 5.69 Å². The van der Waals surface area contributed by atoms with Crippen molar-refractivity contribution < 1.29 is 27.4 Å². The molecule has 8 heteroatoms. The van der Waals surface area contributed by atoms with Gasteiger partial charge in [-0.25, -0.2) is 13.2 Å². The maximum absolute atomic E-state index is 12.5. The Morgan fingerprint density at radius 1 is 1.00 bits per heavy atom. The number of carbonyl (C=O) groups excluding carboxylic acids is 1. The molecule has 0 amide bonds. The Balaban J connectivity index is 2.23. The van der Waals surface area contributed by atoms with Crippen LogP contribution in [-0.2, 0) is 14.8 Å². The lowest BCUT2D eigenvalue weighted by atomic mass is 10.2. The van der Waals surface area contributed by atoms with Crippen molar-refractivity contribution in [1.29, 1.82) is 0 Å². The Bertz CT molecular complexity index is 846. The van der Waals surface area contributed by atoms with E-state index in [1.807, 2.05) is 0 Å². The third kappa shape index (κ3) is 4.42. The first-order chi connectivity index (χ1) is 11.9. The summed E-state index contributed by atoms with van der Waals surface area (Å²) in [6.07, 6.45) is 0. The second-order valence-corrected chi connectivity index (χ2v) is 6.60. The molecule has 0 radical (unpaired) electrons. The first kappa shape index (κ1) is 18.6. The highest BCUT2D eigenvalue weighted by atomic mass is 32.2. The molecule has 0 aliphatic rings. The number of anilines is 1. The Hall–Kier alpha value is -2.74. The highest BCUT2D eigenvalue weighted by Crippen LogP contribution is 2.30. The first-order valence-electron chi connectivity index (χ1n) is 7.43. The van der Waals surface area contributed by atoms with Gasteiger partial charge in [0.05, 0.1) is 37.0 Å². The quantitative estimate of drug-likeness (QED) is 0.759. The van der Waals surface area contributed by atoms with E-state index in [0.717, 1.165) is 0 Å². The Morgan fingerprint density at radius 3 is 2.20 bits per heavy atom. The van der Waals surface area contributed by atoms with Crippen LogP contribution in [-0.4, -0.2) is 35.2 Å². The zero-order valence-electron chi connectivity index (χ0n) is 14.1. The first-order valence-corrected chi connectivity index (χ1v) is 8.91. The molecule has 0 aliphatic heterocycles. The number of sulfonamides is 1. The van der Waals surface area contributed by atoms with Crippen LogP contribution in [0, 0.1) is 0 Å². The highest BCUT2D eigenvalue weighted by Gasteiger charge is 2.16. The van der Waals surface area contributed by atoms with Crippen LogP contribution in [0.5, 0.6) is 11.5 Å². The Kier molecular flexibility index (Phi) is 5.87. The van der Waals surface area contributed by atoms with Crippen molar-refractivity contribution in [1.82, 2.24) is 0 Å². The highest BCUT2D eigenvalue weighted by molar-refractivity contribution is 7.92. The number of ether oxygens (including phenoxy) is 3. The van der Waals surface area contributed by atoms with Crippen molar-refractivity contribution >= 4 is 21.7 Å². The van der Waals surface area contributed by atoms with E-state index in [-0.39, 0.29) is 17.1 Å². The second-order valence-electron chi connectivity index (χ2n) is 4.92. The largest absolute Gasteiger partial charge is 0.493 e. The molecular weight excluding hydrogens is 346 g/mol. The number of esters is 1. The van der Waals surface area contributed by atoms with Gasteiger partial charge in [0.1, 0.15) is 0 Å². The maximum atomic E-state index is 12.5. The normalized spacial score (nSPS) is 10.8. The van der Waals surface area contributed by atoms with Gasteiger partial charge in [0, 0.05) is 6.07 Å². The fraction of sp³-hybridized carbons (Fsp3) is 0.235. The van der Waals surface area contributed by atoms with Crippen LogP contribution < -0.4 is 14.2 Å². The summed E-state index contributed by atoms with van der Waals surface area (Å²) in [5, 5.41) is 0. The molecule has 2 aromatic rings. The van der Waals surface area contributed by atoms with Gasteiger partial charge < -0.3 is 14.2 Å². The molecule has 0 heterocycles. The molecule has 0 fully saturated rings. The minimum Gasteiger partial charge on any atom is -0.493 e. The van der Waals surface area contributed by atoms with Crippen LogP contribution in [0.2, 0.25) is 0 Å². The molecule has 2 aromatic carbocycles. The van der Waals surface area contributed by atoms with Crippen molar-refractivity contribution in [3.05, 3.63) is 48.0 Å². The fourth-order valence-corrected chi connectivity index (χ4v) is 3.15. The maximum Gasteiger partial charge on any atom is 0.338 e. The standard InChI is InChI=1S/C17H19NO6S/c1-4-24-17(19)12-5-8-14(9-6-12)25(20,21)18-13-7-10-15(22-2)16(11-13)23-3/h5-11,18H,4H2,1-3H3. The molecule has 0 saturated heterocycles. The number of nitrogens with one attached hydrogen (secondary N) is 1. The SMILES string of the molecule is CCOC(=O)c1ccc(S(=O)(=O)Nc2ccc(OC)c(OC)c2)cc1. The molecule has 134 valence electrons. The lowest BCUT2D eigenvalue weighted by Gasteiger charge is -2.12. The van der Waals surface area contributed by atoms with Gasteiger partial charge in [-0.2, -0.15) is 0 Å². The molecule has 0 saturated carbocycles. The molecular formula is C17H19NO6S. The summed E-state index contributed by atoms with van der Waals surface area (Å²) < 4.78 is 42.5. The zero-order chi connectivity index (χ0) is 18.4. The number of hydrogen-bond acceptors (Lipinski definition) is 6. The summed E-state index contributed by atoms with van der Waals surface area (Å²) in [6.45, 7) is 1.95. The molecule has 0 spiro atoms. The smallest absolute Gasteiger partial charge is 0.338 e. The van der Waals surface area contributed by atoms with Crippen molar-refractivity contribution in [2.45, 2.75) is 11.8 Å². The zero-order valence-corrected chi connectivity index (χ0v) is 14.9. The summed E-state index contributed by atoms with van der Waals surface area (Å²) in [4.78, 5) is 11.6. The third-order valence-corrected chi connectivity index (χ3v) is 4.71. The van der Waals surface area contributed by atoms with Crippen LogP contribution in [0.25, 0.3) is 0 Å². The number of rotatable bonds is 7. The monoisotopic (exact) mass is 365 g/mol. The Morgan fingerprint density at radius 2 is 1.64 bits per heavy atom. The van der Waals surface area contributed by atoms with Gasteiger partial charge in [-0.05, 0) is 43.3 Å². The lowest BCUT2D eigenvalue weighted by Crippen LogP contribution is -2.13. The van der Waals surface area contributed by atoms with Gasteiger partial charge in [0.15, 0.2) is 11.5 Å². The van der Waals surface area contributed by atoms with Gasteiger partial charge in [0.2, 0.25) is 0 Å². The minimum absolute atomic E-state index is 0.0235. The summed E-state index contributed by atoms with van der Waals surface area (Å²) in [7, 11) is -0.856. The topological polar surface area (TPSA) is 90.9 Å². The predicted octanol–water partition coefficient (Wildman–Crippen LogP) is 2.68. The summed E-state index contributed by atoms with van der Waals surface area (Å²) in [6, 6.07) is 10.2. The second kappa shape index (κ2) is 7.89. The van der Waals surface area contributed by atoms with E-state index in [2.05, 4.69) is 4.72 Å². The summed E-state index contributed by atoms with van der Waals surface area (Å²) in [5.74, 6) is 0.392. The molecule has 7 nitrogen and oxygen atoms in total. The van der Waals surface area contributed by atoms with Crippen molar-refractivity contribution in [3.8, 4) is 11.5 Å². The molecule has 0 aromatic heterocycles. The van der Waals surface area contributed by atoms with E-state index in [0.29, 0.717) is 17.2 Å². The van der Waals surface area contributed by atoms with Gasteiger partial charge in [-0.1, -0.05) is 0 Å². The number of carbonyl (C=O) groups is 1. The van der Waals surface area contributed by atoms with Crippen molar-refractivity contribution in [3.63, 3.8) is 0 Å². The van der Waals surface area contributed by atoms with E-state index < -0.39 is 16.0 Å². The van der Waals surface area contributed by atoms with Gasteiger partial charge in [-0.15, -0.1) is 0 Å². The molecule has 0 unspecified atom stereocenters. The van der Waals surface area contributed by atoms with Gasteiger partial charge in [0.25, 0.3) is 10.0 Å². The lowest BCUT2D eigenvalue weighted by molar-refractivity contribution is 0.0526. The van der Waals surface area contributed by atoms with E-state index in [1.165, 1.54) is 44.6 Å². The van der Waals surface area contributed by atoms with Crippen LogP contribution in [0.1, 0.15) is 17.3 Å². The number of hydrogen-bond donors (Lipinski definition) is 1. The average molecular weight is 365 g/mol. The molecule has 2 rings (SSSR count). The molecule has 1 N–H and O–H groups in total. The van der Waals surface area contributed by atoms with E-state index in [1.54, 1.807) is 19.1 Å². The third-order valence-electron chi connectivity index (χ3n) is 3.31. The average Bonchev–Trinajstić information content (AvgIpc) is 2.61. The summed E-state index contributed by atoms with van der Waals surface area (Å²) in [5.41, 5.74) is 0.610.